The number of hydrogen-bond donors (Lipinski definition) is 1. The molecule has 1 atom stereocenters. The van der Waals surface area contributed by atoms with E-state index >= 15 is 0 Å². The molecule has 1 unspecified atom stereocenters. The van der Waals surface area contributed by atoms with Gasteiger partial charge in [0.2, 0.25) is 5.91 Å². The van der Waals surface area contributed by atoms with Gasteiger partial charge in [-0.3, -0.25) is 4.79 Å². The summed E-state index contributed by atoms with van der Waals surface area (Å²) in [6.45, 7) is 5.09. The molecule has 2 rings (SSSR count). The van der Waals surface area contributed by atoms with Crippen LogP contribution in [0.25, 0.3) is 0 Å². The van der Waals surface area contributed by atoms with Crippen molar-refractivity contribution in [2.24, 2.45) is 0 Å². The molecule has 0 aliphatic heterocycles. The van der Waals surface area contributed by atoms with E-state index in [9.17, 15) is 14.7 Å². The standard InChI is InChI=1S/C15H18ClNO3/c1-9(2)17(10(3)18)15(14(19)20)7-11-4-5-13(16)6-12(11)8-15/h4-6,9H,7-8H2,1-3H3,(H,19,20). The van der Waals surface area contributed by atoms with Crippen LogP contribution in [0.15, 0.2) is 18.2 Å². The maximum Gasteiger partial charge on any atom is 0.330 e. The van der Waals surface area contributed by atoms with Crippen molar-refractivity contribution < 1.29 is 14.7 Å². The summed E-state index contributed by atoms with van der Waals surface area (Å²) in [5, 5.41) is 10.3. The molecule has 1 aromatic rings. The largest absolute Gasteiger partial charge is 0.479 e. The van der Waals surface area contributed by atoms with E-state index in [4.69, 9.17) is 11.6 Å². The van der Waals surface area contributed by atoms with Gasteiger partial charge in [0.05, 0.1) is 0 Å². The van der Waals surface area contributed by atoms with E-state index in [0.29, 0.717) is 17.9 Å². The lowest BCUT2D eigenvalue weighted by molar-refractivity contribution is -0.160. The number of hydrogen-bond acceptors (Lipinski definition) is 2. The van der Waals surface area contributed by atoms with Crippen molar-refractivity contribution in [2.45, 2.75) is 45.2 Å². The van der Waals surface area contributed by atoms with Crippen LogP contribution in [-0.2, 0) is 22.4 Å². The summed E-state index contributed by atoms with van der Waals surface area (Å²) < 4.78 is 0. The lowest BCUT2D eigenvalue weighted by atomic mass is 9.91. The molecule has 1 aromatic carbocycles. The van der Waals surface area contributed by atoms with Crippen molar-refractivity contribution >= 4 is 23.5 Å². The van der Waals surface area contributed by atoms with Crippen molar-refractivity contribution in [3.63, 3.8) is 0 Å². The predicted octanol–water partition coefficient (Wildman–Crippen LogP) is 2.52. The molecule has 4 nitrogen and oxygen atoms in total. The molecule has 0 aromatic heterocycles. The number of rotatable bonds is 3. The Hall–Kier alpha value is -1.55. The van der Waals surface area contributed by atoms with E-state index in [2.05, 4.69) is 0 Å². The highest BCUT2D eigenvalue weighted by atomic mass is 35.5. The van der Waals surface area contributed by atoms with Gasteiger partial charge in [-0.1, -0.05) is 17.7 Å². The number of nitrogens with zero attached hydrogens (tertiary/aromatic N) is 1. The Kier molecular flexibility index (Phi) is 3.78. The zero-order chi connectivity index (χ0) is 15.1. The molecule has 1 N–H and O–H groups in total. The fourth-order valence-corrected chi connectivity index (χ4v) is 3.40. The zero-order valence-corrected chi connectivity index (χ0v) is 12.6. The molecular formula is C15H18ClNO3. The van der Waals surface area contributed by atoms with Crippen molar-refractivity contribution in [2.75, 3.05) is 0 Å². The molecule has 0 heterocycles. The van der Waals surface area contributed by atoms with Gasteiger partial charge in [-0.25, -0.2) is 4.79 Å². The Morgan fingerprint density at radius 3 is 2.40 bits per heavy atom. The minimum Gasteiger partial charge on any atom is -0.479 e. The number of carboxylic acids is 1. The minimum absolute atomic E-state index is 0.173. The Morgan fingerprint density at radius 2 is 1.90 bits per heavy atom. The van der Waals surface area contributed by atoms with E-state index in [-0.39, 0.29) is 11.9 Å². The Balaban J connectivity index is 2.50. The maximum atomic E-state index is 11.9. The minimum atomic E-state index is -1.20. The molecule has 0 saturated carbocycles. The number of carbonyl (C=O) groups is 2. The highest BCUT2D eigenvalue weighted by molar-refractivity contribution is 6.30. The highest BCUT2D eigenvalue weighted by Crippen LogP contribution is 2.37. The normalized spacial score (nSPS) is 20.9. The average Bonchev–Trinajstić information content (AvgIpc) is 2.67. The van der Waals surface area contributed by atoms with Crippen molar-refractivity contribution in [1.82, 2.24) is 4.90 Å². The molecular weight excluding hydrogens is 278 g/mol. The van der Waals surface area contributed by atoms with Gasteiger partial charge in [0.1, 0.15) is 5.54 Å². The van der Waals surface area contributed by atoms with Gasteiger partial charge in [0, 0.05) is 30.8 Å². The summed E-state index contributed by atoms with van der Waals surface area (Å²) in [4.78, 5) is 25.3. The van der Waals surface area contributed by atoms with Crippen LogP contribution in [0.4, 0.5) is 0 Å². The topological polar surface area (TPSA) is 57.6 Å². The monoisotopic (exact) mass is 295 g/mol. The summed E-state index contributed by atoms with van der Waals surface area (Å²) in [6, 6.07) is 5.22. The first-order chi connectivity index (χ1) is 9.28. The zero-order valence-electron chi connectivity index (χ0n) is 11.8. The predicted molar refractivity (Wildman–Crippen MR) is 76.9 cm³/mol. The summed E-state index contributed by atoms with van der Waals surface area (Å²) >= 11 is 5.97. The van der Waals surface area contributed by atoms with Gasteiger partial charge >= 0.3 is 5.97 Å². The van der Waals surface area contributed by atoms with Crippen molar-refractivity contribution in [3.8, 4) is 0 Å². The molecule has 108 valence electrons. The van der Waals surface area contributed by atoms with E-state index in [1.54, 1.807) is 12.1 Å². The Morgan fingerprint density at radius 1 is 1.30 bits per heavy atom. The van der Waals surface area contributed by atoms with E-state index < -0.39 is 11.5 Å². The summed E-state index contributed by atoms with van der Waals surface area (Å²) in [6.07, 6.45) is 0.628. The first-order valence-corrected chi connectivity index (χ1v) is 6.96. The molecule has 5 heteroatoms. The number of carbonyl (C=O) groups excluding carboxylic acids is 1. The average molecular weight is 296 g/mol. The van der Waals surface area contributed by atoms with E-state index in [0.717, 1.165) is 11.1 Å². The van der Waals surface area contributed by atoms with Crippen LogP contribution in [0, 0.1) is 0 Å². The van der Waals surface area contributed by atoms with Crippen LogP contribution in [0.1, 0.15) is 31.9 Å². The second-order valence-corrected chi connectivity index (χ2v) is 6.02. The van der Waals surface area contributed by atoms with Crippen LogP contribution in [0.5, 0.6) is 0 Å². The van der Waals surface area contributed by atoms with Crippen LogP contribution >= 0.6 is 11.6 Å². The number of halogens is 1. The lowest BCUT2D eigenvalue weighted by Gasteiger charge is -2.40. The van der Waals surface area contributed by atoms with Gasteiger partial charge < -0.3 is 10.0 Å². The number of carboxylic acid groups (broad SMARTS) is 1. The number of benzene rings is 1. The van der Waals surface area contributed by atoms with Crippen LogP contribution in [-0.4, -0.2) is 33.5 Å². The van der Waals surface area contributed by atoms with Crippen molar-refractivity contribution in [1.29, 1.82) is 0 Å². The van der Waals surface area contributed by atoms with Crippen LogP contribution < -0.4 is 0 Å². The summed E-state index contributed by atoms with van der Waals surface area (Å²) in [5.74, 6) is -1.19. The van der Waals surface area contributed by atoms with E-state index in [1.807, 2.05) is 19.9 Å². The number of amides is 1. The Bertz CT molecular complexity index is 570. The molecule has 0 spiro atoms. The molecule has 1 amide bonds. The lowest BCUT2D eigenvalue weighted by Crippen LogP contribution is -2.60. The molecule has 0 radical (unpaired) electrons. The third-order valence-electron chi connectivity index (χ3n) is 3.85. The smallest absolute Gasteiger partial charge is 0.330 e. The molecule has 1 aliphatic rings. The van der Waals surface area contributed by atoms with Gasteiger partial charge in [0.15, 0.2) is 0 Å². The highest BCUT2D eigenvalue weighted by Gasteiger charge is 2.50. The van der Waals surface area contributed by atoms with Crippen molar-refractivity contribution in [3.05, 3.63) is 34.3 Å². The quantitative estimate of drug-likeness (QED) is 0.932. The molecule has 0 fully saturated rings. The fraction of sp³-hybridized carbons (Fsp3) is 0.467. The molecule has 0 saturated heterocycles. The van der Waals surface area contributed by atoms with Gasteiger partial charge in [-0.2, -0.15) is 0 Å². The van der Waals surface area contributed by atoms with Crippen LogP contribution in [0.3, 0.4) is 0 Å². The third-order valence-corrected chi connectivity index (χ3v) is 4.08. The fourth-order valence-electron chi connectivity index (χ4n) is 3.21. The molecule has 20 heavy (non-hydrogen) atoms. The number of fused-ring (bicyclic) bond motifs is 1. The van der Waals surface area contributed by atoms with Gasteiger partial charge in [-0.05, 0) is 37.1 Å². The molecule has 1 aliphatic carbocycles. The van der Waals surface area contributed by atoms with Crippen LogP contribution in [0.2, 0.25) is 5.02 Å². The third kappa shape index (κ3) is 2.29. The second-order valence-electron chi connectivity index (χ2n) is 5.59. The molecule has 0 bridgehead atoms. The van der Waals surface area contributed by atoms with Gasteiger partial charge in [0.25, 0.3) is 0 Å². The summed E-state index contributed by atoms with van der Waals surface area (Å²) in [7, 11) is 0. The SMILES string of the molecule is CC(=O)N(C(C)C)C1(C(=O)O)Cc2ccc(Cl)cc2C1. The van der Waals surface area contributed by atoms with Gasteiger partial charge in [-0.15, -0.1) is 0 Å². The second kappa shape index (κ2) is 5.09. The van der Waals surface area contributed by atoms with E-state index in [1.165, 1.54) is 11.8 Å². The maximum absolute atomic E-state index is 11.9. The summed E-state index contributed by atoms with van der Waals surface area (Å²) in [5.41, 5.74) is 0.656. The number of aliphatic carboxylic acids is 1. The first-order valence-electron chi connectivity index (χ1n) is 6.58. The Labute approximate surface area is 123 Å². The first kappa shape index (κ1) is 14.9.